The summed E-state index contributed by atoms with van der Waals surface area (Å²) in [6.45, 7) is 4.47. The highest BCUT2D eigenvalue weighted by molar-refractivity contribution is 5.47. The summed E-state index contributed by atoms with van der Waals surface area (Å²) in [7, 11) is 0. The van der Waals surface area contributed by atoms with E-state index in [1.54, 1.807) is 0 Å². The standard InChI is InChI=1S/C11H14N2/c1-3-9(2)11-5-4-10-8-12-6-7-13(10)11/h4-9H,3H2,1-2H3. The number of hydrogen-bond donors (Lipinski definition) is 0. The molecule has 0 bridgehead atoms. The fourth-order valence-corrected chi connectivity index (χ4v) is 1.59. The van der Waals surface area contributed by atoms with Crippen molar-refractivity contribution in [1.29, 1.82) is 0 Å². The maximum atomic E-state index is 4.09. The second-order valence-electron chi connectivity index (χ2n) is 3.44. The first-order valence-corrected chi connectivity index (χ1v) is 4.74. The molecular formula is C11H14N2. The van der Waals surface area contributed by atoms with Crippen LogP contribution in [0.5, 0.6) is 0 Å². The van der Waals surface area contributed by atoms with Gasteiger partial charge in [0, 0.05) is 18.1 Å². The monoisotopic (exact) mass is 174 g/mol. The van der Waals surface area contributed by atoms with Gasteiger partial charge in [0.25, 0.3) is 0 Å². The minimum Gasteiger partial charge on any atom is -0.318 e. The molecule has 1 atom stereocenters. The van der Waals surface area contributed by atoms with E-state index >= 15 is 0 Å². The van der Waals surface area contributed by atoms with E-state index in [0.29, 0.717) is 5.92 Å². The van der Waals surface area contributed by atoms with E-state index in [4.69, 9.17) is 0 Å². The Balaban J connectivity index is 2.57. The Bertz CT molecular complexity index is 403. The predicted octanol–water partition coefficient (Wildman–Crippen LogP) is 2.85. The summed E-state index contributed by atoms with van der Waals surface area (Å²) < 4.78 is 2.21. The predicted molar refractivity (Wildman–Crippen MR) is 53.9 cm³/mol. The van der Waals surface area contributed by atoms with Crippen molar-refractivity contribution in [2.24, 2.45) is 0 Å². The van der Waals surface area contributed by atoms with E-state index in [9.17, 15) is 0 Å². The molecule has 1 unspecified atom stereocenters. The number of fused-ring (bicyclic) bond motifs is 1. The third kappa shape index (κ3) is 1.32. The first kappa shape index (κ1) is 8.30. The fourth-order valence-electron chi connectivity index (χ4n) is 1.59. The van der Waals surface area contributed by atoms with Gasteiger partial charge in [0.1, 0.15) is 0 Å². The Morgan fingerprint density at radius 3 is 3.08 bits per heavy atom. The molecule has 0 aliphatic carbocycles. The topological polar surface area (TPSA) is 17.3 Å². The fraction of sp³-hybridized carbons (Fsp3) is 0.364. The summed E-state index contributed by atoms with van der Waals surface area (Å²) in [4.78, 5) is 4.09. The van der Waals surface area contributed by atoms with Crippen molar-refractivity contribution in [2.45, 2.75) is 26.2 Å². The van der Waals surface area contributed by atoms with Gasteiger partial charge in [-0.2, -0.15) is 0 Å². The normalized spacial score (nSPS) is 13.4. The highest BCUT2D eigenvalue weighted by atomic mass is 14.9. The lowest BCUT2D eigenvalue weighted by molar-refractivity contribution is 0.700. The molecule has 0 spiro atoms. The highest BCUT2D eigenvalue weighted by Gasteiger charge is 2.06. The molecule has 2 nitrogen and oxygen atoms in total. The molecule has 0 aromatic carbocycles. The van der Waals surface area contributed by atoms with Gasteiger partial charge in [0.2, 0.25) is 0 Å². The number of aromatic nitrogens is 2. The van der Waals surface area contributed by atoms with Crippen LogP contribution in [0.4, 0.5) is 0 Å². The maximum absolute atomic E-state index is 4.09. The number of hydrogen-bond acceptors (Lipinski definition) is 1. The third-order valence-electron chi connectivity index (χ3n) is 2.61. The van der Waals surface area contributed by atoms with Gasteiger partial charge < -0.3 is 4.40 Å². The molecule has 13 heavy (non-hydrogen) atoms. The highest BCUT2D eigenvalue weighted by Crippen LogP contribution is 2.20. The molecule has 0 saturated carbocycles. The van der Waals surface area contributed by atoms with E-state index in [-0.39, 0.29) is 0 Å². The molecule has 0 fully saturated rings. The van der Waals surface area contributed by atoms with Crippen molar-refractivity contribution in [1.82, 2.24) is 9.38 Å². The van der Waals surface area contributed by atoms with E-state index < -0.39 is 0 Å². The Morgan fingerprint density at radius 1 is 1.46 bits per heavy atom. The first-order chi connectivity index (χ1) is 6.33. The van der Waals surface area contributed by atoms with Crippen molar-refractivity contribution in [3.8, 4) is 0 Å². The first-order valence-electron chi connectivity index (χ1n) is 4.74. The van der Waals surface area contributed by atoms with Gasteiger partial charge in [-0.1, -0.05) is 13.8 Å². The lowest BCUT2D eigenvalue weighted by Crippen LogP contribution is -1.96. The van der Waals surface area contributed by atoms with Crippen LogP contribution < -0.4 is 0 Å². The summed E-state index contributed by atoms with van der Waals surface area (Å²) in [5.41, 5.74) is 2.55. The quantitative estimate of drug-likeness (QED) is 0.684. The zero-order valence-electron chi connectivity index (χ0n) is 8.07. The van der Waals surface area contributed by atoms with Crippen molar-refractivity contribution >= 4 is 5.52 Å². The Labute approximate surface area is 78.2 Å². The molecule has 2 aromatic rings. The van der Waals surface area contributed by atoms with Gasteiger partial charge in [-0.25, -0.2) is 0 Å². The molecule has 0 radical (unpaired) electrons. The van der Waals surface area contributed by atoms with Crippen LogP contribution in [-0.4, -0.2) is 9.38 Å². The van der Waals surface area contributed by atoms with Crippen LogP contribution in [0.3, 0.4) is 0 Å². The Morgan fingerprint density at radius 2 is 2.31 bits per heavy atom. The zero-order valence-corrected chi connectivity index (χ0v) is 8.07. The van der Waals surface area contributed by atoms with Crippen molar-refractivity contribution in [3.05, 3.63) is 36.4 Å². The van der Waals surface area contributed by atoms with Gasteiger partial charge in [-0.15, -0.1) is 0 Å². The van der Waals surface area contributed by atoms with Crippen molar-refractivity contribution < 1.29 is 0 Å². The van der Waals surface area contributed by atoms with E-state index in [1.165, 1.54) is 17.6 Å². The van der Waals surface area contributed by atoms with Crippen LogP contribution in [-0.2, 0) is 0 Å². The zero-order chi connectivity index (χ0) is 9.26. The van der Waals surface area contributed by atoms with Crippen LogP contribution in [0.15, 0.2) is 30.7 Å². The third-order valence-corrected chi connectivity index (χ3v) is 2.61. The molecule has 68 valence electrons. The van der Waals surface area contributed by atoms with E-state index in [0.717, 1.165) is 0 Å². The summed E-state index contributed by atoms with van der Waals surface area (Å²) in [6.07, 6.45) is 6.93. The lowest BCUT2D eigenvalue weighted by atomic mass is 10.1. The molecule has 2 heterocycles. The average molecular weight is 174 g/mol. The van der Waals surface area contributed by atoms with Crippen LogP contribution in [0.1, 0.15) is 31.9 Å². The second kappa shape index (κ2) is 3.21. The molecule has 2 heteroatoms. The summed E-state index contributed by atoms with van der Waals surface area (Å²) >= 11 is 0. The van der Waals surface area contributed by atoms with Crippen LogP contribution >= 0.6 is 0 Å². The van der Waals surface area contributed by atoms with Gasteiger partial charge >= 0.3 is 0 Å². The maximum Gasteiger partial charge on any atom is 0.0636 e. The molecule has 0 amide bonds. The number of rotatable bonds is 2. The van der Waals surface area contributed by atoms with Crippen LogP contribution in [0, 0.1) is 0 Å². The largest absolute Gasteiger partial charge is 0.318 e. The minimum absolute atomic E-state index is 0.616. The summed E-state index contributed by atoms with van der Waals surface area (Å²) in [5, 5.41) is 0. The second-order valence-corrected chi connectivity index (χ2v) is 3.44. The van der Waals surface area contributed by atoms with Gasteiger partial charge in [-0.05, 0) is 24.5 Å². The van der Waals surface area contributed by atoms with Gasteiger partial charge in [0.05, 0.1) is 11.7 Å². The van der Waals surface area contributed by atoms with E-state index in [1.807, 2.05) is 18.6 Å². The van der Waals surface area contributed by atoms with Crippen LogP contribution in [0.2, 0.25) is 0 Å². The Hall–Kier alpha value is -1.31. The average Bonchev–Trinajstić information content (AvgIpc) is 2.60. The molecule has 2 rings (SSSR count). The minimum atomic E-state index is 0.616. The summed E-state index contributed by atoms with van der Waals surface area (Å²) in [6, 6.07) is 4.31. The van der Waals surface area contributed by atoms with Crippen molar-refractivity contribution in [3.63, 3.8) is 0 Å². The molecule has 0 N–H and O–H groups in total. The van der Waals surface area contributed by atoms with Gasteiger partial charge in [0.15, 0.2) is 0 Å². The molecule has 0 aliphatic rings. The molecule has 2 aromatic heterocycles. The number of nitrogens with zero attached hydrogens (tertiary/aromatic N) is 2. The van der Waals surface area contributed by atoms with Gasteiger partial charge in [-0.3, -0.25) is 4.98 Å². The molecule has 0 aliphatic heterocycles. The molecular weight excluding hydrogens is 160 g/mol. The van der Waals surface area contributed by atoms with Crippen LogP contribution in [0.25, 0.3) is 5.52 Å². The van der Waals surface area contributed by atoms with Crippen molar-refractivity contribution in [2.75, 3.05) is 0 Å². The molecule has 0 saturated heterocycles. The lowest BCUT2D eigenvalue weighted by Gasteiger charge is -2.08. The SMILES string of the molecule is CCC(C)c1ccc2cnccn12. The smallest absolute Gasteiger partial charge is 0.0636 e. The summed E-state index contributed by atoms with van der Waals surface area (Å²) in [5.74, 6) is 0.616. The van der Waals surface area contributed by atoms with E-state index in [2.05, 4.69) is 35.4 Å². The Kier molecular flexibility index (Phi) is 2.05.